The number of rotatable bonds is 4. The highest BCUT2D eigenvalue weighted by Crippen LogP contribution is 2.29. The average molecular weight is 372 g/mol. The van der Waals surface area contributed by atoms with Gasteiger partial charge in [-0.2, -0.15) is 0 Å². The summed E-state index contributed by atoms with van der Waals surface area (Å²) in [7, 11) is 0. The minimum atomic E-state index is 0.231. The predicted octanol–water partition coefficient (Wildman–Crippen LogP) is 3.45. The Hall–Kier alpha value is -3.19. The van der Waals surface area contributed by atoms with Gasteiger partial charge in [0, 0.05) is 37.1 Å². The molecule has 0 aliphatic carbocycles. The van der Waals surface area contributed by atoms with Gasteiger partial charge in [-0.05, 0) is 31.0 Å². The summed E-state index contributed by atoms with van der Waals surface area (Å²) in [5, 5.41) is 9.63. The van der Waals surface area contributed by atoms with Crippen LogP contribution < -0.4 is 0 Å². The summed E-state index contributed by atoms with van der Waals surface area (Å²) < 4.78 is 5.91. The van der Waals surface area contributed by atoms with Gasteiger partial charge in [0.25, 0.3) is 5.89 Å². The van der Waals surface area contributed by atoms with Gasteiger partial charge in [0.05, 0.1) is 17.6 Å². The largest absolute Gasteiger partial charge is 0.419 e. The molecule has 1 fully saturated rings. The van der Waals surface area contributed by atoms with Crippen molar-refractivity contribution in [1.29, 1.82) is 0 Å². The summed E-state index contributed by atoms with van der Waals surface area (Å²) in [6.45, 7) is 2.83. The Bertz CT molecular complexity index is 1080. The molecule has 0 saturated carbocycles. The molecule has 1 aromatic carbocycles. The number of pyridine rings is 1. The summed E-state index contributed by atoms with van der Waals surface area (Å²) in [6, 6.07) is 10.5. The van der Waals surface area contributed by atoms with Crippen LogP contribution in [0.3, 0.4) is 0 Å². The van der Waals surface area contributed by atoms with Crippen molar-refractivity contribution in [2.24, 2.45) is 0 Å². The van der Waals surface area contributed by atoms with Gasteiger partial charge >= 0.3 is 0 Å². The zero-order chi connectivity index (χ0) is 18.8. The Morgan fingerprint density at radius 3 is 2.93 bits per heavy atom. The molecule has 1 aliphatic heterocycles. The number of hydrogen-bond acceptors (Lipinski definition) is 7. The topological polar surface area (TPSA) is 80.8 Å². The zero-order valence-corrected chi connectivity index (χ0v) is 15.4. The molecule has 1 unspecified atom stereocenters. The van der Waals surface area contributed by atoms with E-state index in [0.29, 0.717) is 17.5 Å². The maximum Gasteiger partial charge on any atom is 0.267 e. The van der Waals surface area contributed by atoms with Gasteiger partial charge in [-0.15, -0.1) is 10.2 Å². The first-order chi connectivity index (χ1) is 13.9. The van der Waals surface area contributed by atoms with Crippen molar-refractivity contribution in [3.05, 3.63) is 66.6 Å². The quantitative estimate of drug-likeness (QED) is 0.543. The van der Waals surface area contributed by atoms with E-state index in [4.69, 9.17) is 4.42 Å². The lowest BCUT2D eigenvalue weighted by atomic mass is 9.97. The van der Waals surface area contributed by atoms with Crippen LogP contribution in [-0.2, 0) is 6.54 Å². The monoisotopic (exact) mass is 372 g/mol. The van der Waals surface area contributed by atoms with Crippen LogP contribution in [0.4, 0.5) is 0 Å². The van der Waals surface area contributed by atoms with E-state index < -0.39 is 0 Å². The average Bonchev–Trinajstić information content (AvgIpc) is 3.25. The van der Waals surface area contributed by atoms with E-state index in [1.165, 1.54) is 10.9 Å². The first-order valence-corrected chi connectivity index (χ1v) is 9.51. The number of piperidine rings is 1. The molecule has 7 nitrogen and oxygen atoms in total. The normalized spacial score (nSPS) is 17.8. The highest BCUT2D eigenvalue weighted by molar-refractivity contribution is 5.81. The highest BCUT2D eigenvalue weighted by atomic mass is 16.4. The van der Waals surface area contributed by atoms with Crippen LogP contribution >= 0.6 is 0 Å². The van der Waals surface area contributed by atoms with Crippen LogP contribution in [0.15, 0.2) is 59.5 Å². The summed E-state index contributed by atoms with van der Waals surface area (Å²) >= 11 is 0. The van der Waals surface area contributed by atoms with Crippen LogP contribution in [-0.4, -0.2) is 43.1 Å². The number of fused-ring (bicyclic) bond motifs is 1. The van der Waals surface area contributed by atoms with Crippen LogP contribution in [0, 0.1) is 0 Å². The molecule has 0 radical (unpaired) electrons. The standard InChI is InChI=1S/C21H20N6O/c1-4-15-6-2-8-24-19(15)16(5-1)13-27-11-3-7-17(14-27)20-25-26-21(28-20)18-12-22-9-10-23-18/h1-2,4-6,8-10,12,17H,3,7,11,13-14H2. The second-order valence-electron chi connectivity index (χ2n) is 7.10. The van der Waals surface area contributed by atoms with Gasteiger partial charge in [0.15, 0.2) is 0 Å². The molecule has 1 saturated heterocycles. The molecule has 1 aliphatic rings. The van der Waals surface area contributed by atoms with Crippen molar-refractivity contribution in [1.82, 2.24) is 30.0 Å². The second-order valence-corrected chi connectivity index (χ2v) is 7.10. The molecule has 7 heteroatoms. The third-order valence-electron chi connectivity index (χ3n) is 5.19. The number of aromatic nitrogens is 5. The smallest absolute Gasteiger partial charge is 0.267 e. The fraction of sp³-hybridized carbons (Fsp3) is 0.286. The van der Waals surface area contributed by atoms with Gasteiger partial charge in [-0.1, -0.05) is 24.3 Å². The van der Waals surface area contributed by atoms with E-state index in [9.17, 15) is 0 Å². The number of nitrogens with zero attached hydrogens (tertiary/aromatic N) is 6. The third-order valence-corrected chi connectivity index (χ3v) is 5.19. The van der Waals surface area contributed by atoms with Crippen molar-refractivity contribution in [3.63, 3.8) is 0 Å². The summed E-state index contributed by atoms with van der Waals surface area (Å²) in [4.78, 5) is 15.3. The van der Waals surface area contributed by atoms with E-state index in [2.05, 4.69) is 54.3 Å². The molecular formula is C21H20N6O. The van der Waals surface area contributed by atoms with E-state index >= 15 is 0 Å². The minimum absolute atomic E-state index is 0.231. The number of likely N-dealkylation sites (tertiary alicyclic amines) is 1. The Labute approximate surface area is 162 Å². The number of para-hydroxylation sites is 1. The van der Waals surface area contributed by atoms with Crippen molar-refractivity contribution < 1.29 is 4.42 Å². The lowest BCUT2D eigenvalue weighted by Crippen LogP contribution is -2.34. The number of benzene rings is 1. The van der Waals surface area contributed by atoms with Gasteiger partial charge < -0.3 is 4.42 Å². The van der Waals surface area contributed by atoms with Crippen molar-refractivity contribution in [3.8, 4) is 11.6 Å². The summed E-state index contributed by atoms with van der Waals surface area (Å²) in [5.41, 5.74) is 2.94. The van der Waals surface area contributed by atoms with E-state index in [1.54, 1.807) is 18.6 Å². The molecule has 1 atom stereocenters. The maximum absolute atomic E-state index is 5.91. The van der Waals surface area contributed by atoms with E-state index in [0.717, 1.165) is 38.0 Å². The third kappa shape index (κ3) is 3.36. The molecule has 4 aromatic rings. The molecule has 140 valence electrons. The fourth-order valence-electron chi connectivity index (χ4n) is 3.85. The zero-order valence-electron chi connectivity index (χ0n) is 15.4. The molecule has 0 bridgehead atoms. The van der Waals surface area contributed by atoms with Crippen LogP contribution in [0.1, 0.15) is 30.2 Å². The molecule has 0 spiro atoms. The van der Waals surface area contributed by atoms with Crippen molar-refractivity contribution in [2.45, 2.75) is 25.3 Å². The first kappa shape index (κ1) is 16.9. The number of hydrogen-bond donors (Lipinski definition) is 0. The molecule has 3 aromatic heterocycles. The van der Waals surface area contributed by atoms with Crippen molar-refractivity contribution >= 4 is 10.9 Å². The lowest BCUT2D eigenvalue weighted by Gasteiger charge is -2.31. The molecule has 28 heavy (non-hydrogen) atoms. The lowest BCUT2D eigenvalue weighted by molar-refractivity contribution is 0.187. The molecule has 5 rings (SSSR count). The van der Waals surface area contributed by atoms with Gasteiger partial charge in [0.2, 0.25) is 5.89 Å². The SMILES string of the molecule is c1cnc2c(CN3CCCC(c4nnc(-c5cnccn5)o4)C3)cccc2c1. The molecule has 0 N–H and O–H groups in total. The Balaban J connectivity index is 1.33. The Kier molecular flexibility index (Phi) is 4.50. The van der Waals surface area contributed by atoms with Gasteiger partial charge in [0.1, 0.15) is 5.69 Å². The Morgan fingerprint density at radius 2 is 2.00 bits per heavy atom. The summed E-state index contributed by atoms with van der Waals surface area (Å²) in [6.07, 6.45) is 8.90. The van der Waals surface area contributed by atoms with Crippen LogP contribution in [0.5, 0.6) is 0 Å². The maximum atomic E-state index is 5.91. The minimum Gasteiger partial charge on any atom is -0.419 e. The highest BCUT2D eigenvalue weighted by Gasteiger charge is 2.26. The second kappa shape index (κ2) is 7.44. The van der Waals surface area contributed by atoms with Crippen molar-refractivity contribution in [2.75, 3.05) is 13.1 Å². The fourth-order valence-corrected chi connectivity index (χ4v) is 3.85. The van der Waals surface area contributed by atoms with Gasteiger partial charge in [-0.3, -0.25) is 14.9 Å². The Morgan fingerprint density at radius 1 is 1.04 bits per heavy atom. The summed E-state index contributed by atoms with van der Waals surface area (Å²) in [5.74, 6) is 1.34. The van der Waals surface area contributed by atoms with Crippen LogP contribution in [0.25, 0.3) is 22.5 Å². The van der Waals surface area contributed by atoms with E-state index in [1.807, 2.05) is 12.3 Å². The van der Waals surface area contributed by atoms with E-state index in [-0.39, 0.29) is 5.92 Å². The van der Waals surface area contributed by atoms with Crippen LogP contribution in [0.2, 0.25) is 0 Å². The molecular weight excluding hydrogens is 352 g/mol. The predicted molar refractivity (Wildman–Crippen MR) is 104 cm³/mol. The molecule has 4 heterocycles. The van der Waals surface area contributed by atoms with Gasteiger partial charge in [-0.25, -0.2) is 4.98 Å². The first-order valence-electron chi connectivity index (χ1n) is 9.51. The molecule has 0 amide bonds.